The molecule has 5 heteroatoms. The van der Waals surface area contributed by atoms with Gasteiger partial charge in [0.1, 0.15) is 5.82 Å². The molecular formula is C14H13FN2O2. The summed E-state index contributed by atoms with van der Waals surface area (Å²) in [5, 5.41) is 4.19. The summed E-state index contributed by atoms with van der Waals surface area (Å²) in [6.45, 7) is 2.36. The minimum atomic E-state index is -0.400. The van der Waals surface area contributed by atoms with E-state index in [2.05, 4.69) is 5.10 Å². The molecule has 0 bridgehead atoms. The van der Waals surface area contributed by atoms with E-state index in [-0.39, 0.29) is 11.4 Å². The van der Waals surface area contributed by atoms with Gasteiger partial charge in [0.15, 0.2) is 6.29 Å². The Morgan fingerprint density at radius 3 is 2.58 bits per heavy atom. The van der Waals surface area contributed by atoms with Crippen LogP contribution in [0.3, 0.4) is 0 Å². The van der Waals surface area contributed by atoms with Crippen LogP contribution in [-0.2, 0) is 6.54 Å². The normalized spacial score (nSPS) is 10.4. The highest BCUT2D eigenvalue weighted by atomic mass is 19.1. The van der Waals surface area contributed by atoms with E-state index in [4.69, 9.17) is 0 Å². The molecule has 0 N–H and O–H groups in total. The van der Waals surface area contributed by atoms with Gasteiger partial charge >= 0.3 is 0 Å². The highest BCUT2D eigenvalue weighted by Gasteiger charge is 2.09. The first kappa shape index (κ1) is 13.1. The highest BCUT2D eigenvalue weighted by molar-refractivity contribution is 5.76. The predicted molar refractivity (Wildman–Crippen MR) is 69.6 cm³/mol. The standard InChI is InChI=1S/C14H13FN2O2/c1-2-7-17-14(19)11(9-18)8-13(16-17)10-3-5-12(15)6-4-10/h3-6,8-9H,2,7H2,1H3. The van der Waals surface area contributed by atoms with Gasteiger partial charge in [-0.15, -0.1) is 0 Å². The molecule has 4 nitrogen and oxygen atoms in total. The number of nitrogens with zero attached hydrogens (tertiary/aromatic N) is 2. The number of hydrogen-bond acceptors (Lipinski definition) is 3. The van der Waals surface area contributed by atoms with Gasteiger partial charge in [0.2, 0.25) is 0 Å². The van der Waals surface area contributed by atoms with Crippen LogP contribution in [0.15, 0.2) is 35.1 Å². The number of halogens is 1. The van der Waals surface area contributed by atoms with E-state index in [9.17, 15) is 14.0 Å². The van der Waals surface area contributed by atoms with Crippen LogP contribution in [0.2, 0.25) is 0 Å². The Bertz CT molecular complexity index is 647. The zero-order valence-corrected chi connectivity index (χ0v) is 10.5. The molecule has 0 aliphatic carbocycles. The Balaban J connectivity index is 2.57. The molecule has 0 aliphatic heterocycles. The maximum absolute atomic E-state index is 12.9. The van der Waals surface area contributed by atoms with Crippen LogP contribution >= 0.6 is 0 Å². The number of aldehydes is 1. The second kappa shape index (κ2) is 5.56. The average molecular weight is 260 g/mol. The number of carbonyl (C=O) groups is 1. The first-order valence-corrected chi connectivity index (χ1v) is 5.99. The average Bonchev–Trinajstić information content (AvgIpc) is 2.42. The fourth-order valence-electron chi connectivity index (χ4n) is 1.77. The minimum Gasteiger partial charge on any atom is -0.298 e. The summed E-state index contributed by atoms with van der Waals surface area (Å²) in [7, 11) is 0. The molecule has 1 heterocycles. The van der Waals surface area contributed by atoms with Crippen molar-refractivity contribution < 1.29 is 9.18 Å². The topological polar surface area (TPSA) is 52.0 Å². The van der Waals surface area contributed by atoms with Crippen LogP contribution in [0.4, 0.5) is 4.39 Å². The smallest absolute Gasteiger partial charge is 0.277 e. The molecule has 0 aliphatic rings. The summed E-state index contributed by atoms with van der Waals surface area (Å²) in [4.78, 5) is 22.8. The van der Waals surface area contributed by atoms with Gasteiger partial charge in [0.25, 0.3) is 5.56 Å². The molecule has 0 radical (unpaired) electrons. The third-order valence-corrected chi connectivity index (χ3v) is 2.70. The van der Waals surface area contributed by atoms with Crippen LogP contribution in [0.25, 0.3) is 11.3 Å². The monoisotopic (exact) mass is 260 g/mol. The Morgan fingerprint density at radius 2 is 2.00 bits per heavy atom. The predicted octanol–water partition coefficient (Wildman–Crippen LogP) is 2.27. The SMILES string of the molecule is CCCn1nc(-c2ccc(F)cc2)cc(C=O)c1=O. The van der Waals surface area contributed by atoms with Crippen LogP contribution < -0.4 is 5.56 Å². The Kier molecular flexibility index (Phi) is 3.85. The molecule has 0 atom stereocenters. The molecule has 2 aromatic rings. The third kappa shape index (κ3) is 2.76. The fraction of sp³-hybridized carbons (Fsp3) is 0.214. The molecular weight excluding hydrogens is 247 g/mol. The maximum atomic E-state index is 12.9. The van der Waals surface area contributed by atoms with Crippen LogP contribution in [0.1, 0.15) is 23.7 Å². The van der Waals surface area contributed by atoms with Gasteiger partial charge in [-0.3, -0.25) is 9.59 Å². The van der Waals surface area contributed by atoms with Crippen molar-refractivity contribution in [2.24, 2.45) is 0 Å². The summed E-state index contributed by atoms with van der Waals surface area (Å²) >= 11 is 0. The van der Waals surface area contributed by atoms with Crippen LogP contribution in [-0.4, -0.2) is 16.1 Å². The van der Waals surface area contributed by atoms with Crippen molar-refractivity contribution in [2.75, 3.05) is 0 Å². The summed E-state index contributed by atoms with van der Waals surface area (Å²) in [5.41, 5.74) is 0.801. The second-order valence-corrected chi connectivity index (χ2v) is 4.14. The fourth-order valence-corrected chi connectivity index (χ4v) is 1.77. The molecule has 98 valence electrons. The lowest BCUT2D eigenvalue weighted by Crippen LogP contribution is -2.26. The van der Waals surface area contributed by atoms with Gasteiger partial charge in [-0.25, -0.2) is 9.07 Å². The number of benzene rings is 1. The Morgan fingerprint density at radius 1 is 1.32 bits per heavy atom. The first-order valence-electron chi connectivity index (χ1n) is 5.99. The lowest BCUT2D eigenvalue weighted by atomic mass is 10.1. The molecule has 0 spiro atoms. The molecule has 1 aromatic heterocycles. The van der Waals surface area contributed by atoms with Crippen molar-refractivity contribution in [3.63, 3.8) is 0 Å². The van der Waals surface area contributed by atoms with Crippen molar-refractivity contribution in [2.45, 2.75) is 19.9 Å². The zero-order valence-electron chi connectivity index (χ0n) is 10.5. The lowest BCUT2D eigenvalue weighted by molar-refractivity contribution is 0.112. The van der Waals surface area contributed by atoms with E-state index in [1.165, 1.54) is 22.9 Å². The molecule has 0 fully saturated rings. The Labute approximate surface area is 109 Å². The van der Waals surface area contributed by atoms with Gasteiger partial charge in [-0.2, -0.15) is 5.10 Å². The molecule has 0 saturated carbocycles. The van der Waals surface area contributed by atoms with E-state index < -0.39 is 5.56 Å². The van der Waals surface area contributed by atoms with Gasteiger partial charge in [0, 0.05) is 12.1 Å². The number of aryl methyl sites for hydroxylation is 1. The van der Waals surface area contributed by atoms with Gasteiger partial charge in [-0.05, 0) is 36.8 Å². The van der Waals surface area contributed by atoms with Crippen molar-refractivity contribution in [3.8, 4) is 11.3 Å². The number of hydrogen-bond donors (Lipinski definition) is 0. The number of rotatable bonds is 4. The quantitative estimate of drug-likeness (QED) is 0.792. The third-order valence-electron chi connectivity index (χ3n) is 2.70. The van der Waals surface area contributed by atoms with Crippen molar-refractivity contribution in [1.82, 2.24) is 9.78 Å². The largest absolute Gasteiger partial charge is 0.298 e. The zero-order chi connectivity index (χ0) is 13.8. The number of carbonyl (C=O) groups excluding carboxylic acids is 1. The Hall–Kier alpha value is -2.30. The van der Waals surface area contributed by atoms with Crippen molar-refractivity contribution >= 4 is 6.29 Å². The van der Waals surface area contributed by atoms with E-state index >= 15 is 0 Å². The molecule has 0 amide bonds. The summed E-state index contributed by atoms with van der Waals surface area (Å²) in [6, 6.07) is 7.18. The molecule has 2 rings (SSSR count). The van der Waals surface area contributed by atoms with Crippen molar-refractivity contribution in [1.29, 1.82) is 0 Å². The summed E-state index contributed by atoms with van der Waals surface area (Å²) in [5.74, 6) is -0.346. The molecule has 1 aromatic carbocycles. The van der Waals surface area contributed by atoms with Crippen LogP contribution in [0, 0.1) is 5.82 Å². The first-order chi connectivity index (χ1) is 9.15. The van der Waals surface area contributed by atoms with E-state index in [0.717, 1.165) is 6.42 Å². The van der Waals surface area contributed by atoms with E-state index in [0.29, 0.717) is 24.1 Å². The molecule has 0 saturated heterocycles. The summed E-state index contributed by atoms with van der Waals surface area (Å²) in [6.07, 6.45) is 1.25. The van der Waals surface area contributed by atoms with Gasteiger partial charge in [0.05, 0.1) is 11.3 Å². The van der Waals surface area contributed by atoms with Gasteiger partial charge < -0.3 is 0 Å². The van der Waals surface area contributed by atoms with E-state index in [1.54, 1.807) is 12.1 Å². The van der Waals surface area contributed by atoms with Crippen LogP contribution in [0.5, 0.6) is 0 Å². The molecule has 0 unspecified atom stereocenters. The van der Waals surface area contributed by atoms with Crippen molar-refractivity contribution in [3.05, 3.63) is 52.1 Å². The van der Waals surface area contributed by atoms with Gasteiger partial charge in [-0.1, -0.05) is 6.92 Å². The number of aromatic nitrogens is 2. The maximum Gasteiger partial charge on any atom is 0.277 e. The summed E-state index contributed by atoms with van der Waals surface area (Å²) < 4.78 is 14.1. The lowest BCUT2D eigenvalue weighted by Gasteiger charge is -2.07. The minimum absolute atomic E-state index is 0.0581. The van der Waals surface area contributed by atoms with E-state index in [1.807, 2.05) is 6.92 Å². The highest BCUT2D eigenvalue weighted by Crippen LogP contribution is 2.16. The second-order valence-electron chi connectivity index (χ2n) is 4.14. The molecule has 19 heavy (non-hydrogen) atoms.